The van der Waals surface area contributed by atoms with E-state index in [4.69, 9.17) is 16.6 Å². The van der Waals surface area contributed by atoms with Crippen LogP contribution in [0.25, 0.3) is 22.0 Å². The minimum Gasteiger partial charge on any atom is -0.465 e. The Morgan fingerprint density at radius 3 is 2.51 bits per heavy atom. The number of benzene rings is 3. The second-order valence-electron chi connectivity index (χ2n) is 10.4. The molecule has 1 aliphatic rings. The number of nitrogens with one attached hydrogen (secondary N) is 1. The molecule has 7 nitrogen and oxygen atoms in total. The number of hydrogen-bond acceptors (Lipinski definition) is 5. The molecule has 0 radical (unpaired) electrons. The third-order valence-electron chi connectivity index (χ3n) is 6.86. The van der Waals surface area contributed by atoms with Gasteiger partial charge in [0.25, 0.3) is 0 Å². The molecule has 0 bridgehead atoms. The SMILES string of the molecule is CC(C)(C)C1CN(c2ccc(Nc3ncc4cccc(-c5cccc(Cl)c5)c4n3)cc2)CCN1C(=O)O. The summed E-state index contributed by atoms with van der Waals surface area (Å²) in [4.78, 5) is 24.9. The predicted octanol–water partition coefficient (Wildman–Crippen LogP) is 6.91. The first-order valence-electron chi connectivity index (χ1n) is 12.3. The summed E-state index contributed by atoms with van der Waals surface area (Å²) in [6.45, 7) is 8.06. The molecule has 1 amide bonds. The van der Waals surface area contributed by atoms with Gasteiger partial charge in [0.2, 0.25) is 5.95 Å². The third-order valence-corrected chi connectivity index (χ3v) is 7.10. The molecule has 190 valence electrons. The maximum absolute atomic E-state index is 11.8. The quantitative estimate of drug-likeness (QED) is 0.307. The maximum Gasteiger partial charge on any atom is 0.407 e. The van der Waals surface area contributed by atoms with Crippen LogP contribution >= 0.6 is 11.6 Å². The van der Waals surface area contributed by atoms with Crippen molar-refractivity contribution in [3.8, 4) is 11.1 Å². The summed E-state index contributed by atoms with van der Waals surface area (Å²) < 4.78 is 0. The van der Waals surface area contributed by atoms with Crippen molar-refractivity contribution >= 4 is 45.9 Å². The number of rotatable bonds is 4. The van der Waals surface area contributed by atoms with E-state index in [0.29, 0.717) is 30.6 Å². The van der Waals surface area contributed by atoms with Crippen molar-refractivity contribution in [3.63, 3.8) is 0 Å². The fraction of sp³-hybridized carbons (Fsp3) is 0.276. The lowest BCUT2D eigenvalue weighted by Crippen LogP contribution is -2.59. The summed E-state index contributed by atoms with van der Waals surface area (Å²) in [6, 6.07) is 21.8. The van der Waals surface area contributed by atoms with Crippen LogP contribution in [0, 0.1) is 5.41 Å². The van der Waals surface area contributed by atoms with Crippen molar-refractivity contribution in [2.45, 2.75) is 26.8 Å². The number of amides is 1. The number of carbonyl (C=O) groups is 1. The fourth-order valence-corrected chi connectivity index (χ4v) is 5.07. The number of carboxylic acid groups (broad SMARTS) is 1. The smallest absolute Gasteiger partial charge is 0.407 e. The van der Waals surface area contributed by atoms with Crippen LogP contribution in [0.5, 0.6) is 0 Å². The van der Waals surface area contributed by atoms with Crippen molar-refractivity contribution < 1.29 is 9.90 Å². The van der Waals surface area contributed by atoms with Crippen LogP contribution in [-0.4, -0.2) is 51.7 Å². The summed E-state index contributed by atoms with van der Waals surface area (Å²) in [6.07, 6.45) is 0.967. The van der Waals surface area contributed by atoms with Gasteiger partial charge in [0.05, 0.1) is 11.6 Å². The highest BCUT2D eigenvalue weighted by atomic mass is 35.5. The van der Waals surface area contributed by atoms with Crippen LogP contribution in [0.3, 0.4) is 0 Å². The monoisotopic (exact) mass is 515 g/mol. The van der Waals surface area contributed by atoms with Crippen LogP contribution in [0.1, 0.15) is 20.8 Å². The third kappa shape index (κ3) is 5.32. The zero-order valence-electron chi connectivity index (χ0n) is 21.1. The summed E-state index contributed by atoms with van der Waals surface area (Å²) >= 11 is 6.23. The second kappa shape index (κ2) is 9.90. The molecule has 3 aromatic carbocycles. The Balaban J connectivity index is 1.36. The molecular weight excluding hydrogens is 486 g/mol. The van der Waals surface area contributed by atoms with Gasteiger partial charge in [0, 0.05) is 53.2 Å². The average molecular weight is 516 g/mol. The maximum atomic E-state index is 11.8. The zero-order chi connectivity index (χ0) is 26.2. The number of halogens is 1. The molecule has 1 atom stereocenters. The first kappa shape index (κ1) is 24.8. The van der Waals surface area contributed by atoms with Crippen LogP contribution in [0.4, 0.5) is 22.1 Å². The number of nitrogens with zero attached hydrogens (tertiary/aromatic N) is 4. The first-order valence-corrected chi connectivity index (χ1v) is 12.7. The number of hydrogen-bond donors (Lipinski definition) is 2. The minimum atomic E-state index is -0.854. The number of para-hydroxylation sites is 1. The molecule has 37 heavy (non-hydrogen) atoms. The molecule has 1 saturated heterocycles. The van der Waals surface area contributed by atoms with Gasteiger partial charge in [0.15, 0.2) is 0 Å². The zero-order valence-corrected chi connectivity index (χ0v) is 21.9. The Labute approximate surface area is 221 Å². The summed E-state index contributed by atoms with van der Waals surface area (Å²) in [5, 5.41) is 14.6. The lowest BCUT2D eigenvalue weighted by atomic mass is 9.84. The normalized spacial score (nSPS) is 16.2. The van der Waals surface area contributed by atoms with Gasteiger partial charge in [0.1, 0.15) is 0 Å². The molecule has 4 aromatic rings. The topological polar surface area (TPSA) is 81.6 Å². The van der Waals surface area contributed by atoms with Crippen molar-refractivity contribution in [2.24, 2.45) is 5.41 Å². The summed E-state index contributed by atoms with van der Waals surface area (Å²) in [7, 11) is 0. The van der Waals surface area contributed by atoms with E-state index in [-0.39, 0.29) is 11.5 Å². The van der Waals surface area contributed by atoms with E-state index < -0.39 is 6.09 Å². The van der Waals surface area contributed by atoms with Gasteiger partial charge < -0.3 is 20.2 Å². The van der Waals surface area contributed by atoms with Gasteiger partial charge in [-0.25, -0.2) is 14.8 Å². The molecule has 0 aliphatic carbocycles. The van der Waals surface area contributed by atoms with Crippen LogP contribution < -0.4 is 10.2 Å². The highest BCUT2D eigenvalue weighted by Gasteiger charge is 2.38. The molecule has 2 heterocycles. The molecule has 1 fully saturated rings. The Morgan fingerprint density at radius 1 is 1.05 bits per heavy atom. The van der Waals surface area contributed by atoms with Gasteiger partial charge in [-0.2, -0.15) is 0 Å². The summed E-state index contributed by atoms with van der Waals surface area (Å²) in [5.74, 6) is 0.512. The molecule has 0 spiro atoms. The van der Waals surface area contributed by atoms with Crippen LogP contribution in [-0.2, 0) is 0 Å². The van der Waals surface area contributed by atoms with Crippen LogP contribution in [0.15, 0.2) is 72.9 Å². The highest BCUT2D eigenvalue weighted by molar-refractivity contribution is 6.30. The van der Waals surface area contributed by atoms with Gasteiger partial charge in [-0.1, -0.05) is 62.7 Å². The highest BCUT2D eigenvalue weighted by Crippen LogP contribution is 2.32. The van der Waals surface area contributed by atoms with Gasteiger partial charge in [-0.05, 0) is 47.4 Å². The molecule has 1 unspecified atom stereocenters. The molecule has 1 aliphatic heterocycles. The van der Waals surface area contributed by atoms with Crippen molar-refractivity contribution in [2.75, 3.05) is 29.9 Å². The predicted molar refractivity (Wildman–Crippen MR) is 150 cm³/mol. The number of fused-ring (bicyclic) bond motifs is 1. The van der Waals surface area contributed by atoms with E-state index >= 15 is 0 Å². The molecule has 1 aromatic heterocycles. The number of anilines is 3. The van der Waals surface area contributed by atoms with E-state index in [0.717, 1.165) is 33.4 Å². The van der Waals surface area contributed by atoms with Crippen molar-refractivity contribution in [3.05, 3.63) is 77.9 Å². The van der Waals surface area contributed by atoms with E-state index in [1.165, 1.54) is 0 Å². The molecular formula is C29H30ClN5O2. The van der Waals surface area contributed by atoms with Crippen molar-refractivity contribution in [1.29, 1.82) is 0 Å². The van der Waals surface area contributed by atoms with Gasteiger partial charge in [-0.15, -0.1) is 0 Å². The van der Waals surface area contributed by atoms with Crippen molar-refractivity contribution in [1.82, 2.24) is 14.9 Å². The van der Waals surface area contributed by atoms with Gasteiger partial charge >= 0.3 is 6.09 Å². The van der Waals surface area contributed by atoms with Crippen LogP contribution in [0.2, 0.25) is 5.02 Å². The summed E-state index contributed by atoms with van der Waals surface area (Å²) in [5.41, 5.74) is 4.63. The van der Waals surface area contributed by atoms with E-state index in [1.807, 2.05) is 60.8 Å². The molecule has 2 N–H and O–H groups in total. The largest absolute Gasteiger partial charge is 0.465 e. The molecule has 5 rings (SSSR count). The van der Waals surface area contributed by atoms with Gasteiger partial charge in [-0.3, -0.25) is 0 Å². The lowest BCUT2D eigenvalue weighted by Gasteiger charge is -2.46. The number of piperazine rings is 1. The second-order valence-corrected chi connectivity index (χ2v) is 10.9. The lowest BCUT2D eigenvalue weighted by molar-refractivity contribution is 0.0748. The first-order chi connectivity index (χ1) is 17.7. The Kier molecular flexibility index (Phi) is 6.65. The standard InChI is InChI=1S/C29H30ClN5O2/c1-29(2,3)25-18-34(14-15-35(25)28(36)37)23-12-10-22(11-13-23)32-27-31-17-20-7-5-9-24(26(20)33-27)19-6-4-8-21(30)16-19/h4-13,16-17,25H,14-15,18H2,1-3H3,(H,36,37)(H,31,32,33). The van der Waals surface area contributed by atoms with E-state index in [1.54, 1.807) is 4.90 Å². The Hall–Kier alpha value is -3.84. The minimum absolute atomic E-state index is 0.0868. The molecule has 8 heteroatoms. The van der Waals surface area contributed by atoms with E-state index in [9.17, 15) is 9.90 Å². The fourth-order valence-electron chi connectivity index (χ4n) is 4.88. The number of aromatic nitrogens is 2. The Morgan fingerprint density at radius 2 is 1.81 bits per heavy atom. The van der Waals surface area contributed by atoms with E-state index in [2.05, 4.69) is 48.1 Å². The molecule has 0 saturated carbocycles. The average Bonchev–Trinajstić information content (AvgIpc) is 2.88. The Bertz CT molecular complexity index is 1430.